The maximum absolute atomic E-state index is 11.0. The van der Waals surface area contributed by atoms with Gasteiger partial charge in [-0.3, -0.25) is 10.2 Å². The second kappa shape index (κ2) is 4.42. The molecule has 0 aliphatic rings. The van der Waals surface area contributed by atoms with Gasteiger partial charge in [-0.1, -0.05) is 30.3 Å². The van der Waals surface area contributed by atoms with Crippen LogP contribution in [0.4, 0.5) is 0 Å². The van der Waals surface area contributed by atoms with Crippen LogP contribution in [0.5, 0.6) is 0 Å². The number of amides is 1. The molecule has 0 aliphatic carbocycles. The van der Waals surface area contributed by atoms with Gasteiger partial charge in [0, 0.05) is 5.57 Å². The Kier molecular flexibility index (Phi) is 3.23. The fourth-order valence-corrected chi connectivity index (χ4v) is 0.979. The Labute approximate surface area is 77.2 Å². The van der Waals surface area contributed by atoms with Gasteiger partial charge in [0.1, 0.15) is 0 Å². The normalized spacial score (nSPS) is 11.1. The quantitative estimate of drug-likeness (QED) is 0.306. The highest BCUT2D eigenvalue weighted by Gasteiger charge is 1.99. The molecule has 0 aromatic heterocycles. The number of carbonyl (C=O) groups is 1. The van der Waals surface area contributed by atoms with Crippen LogP contribution in [0.25, 0.3) is 6.08 Å². The number of rotatable bonds is 2. The summed E-state index contributed by atoms with van der Waals surface area (Å²) < 4.78 is 0. The molecule has 0 unspecified atom stereocenters. The van der Waals surface area contributed by atoms with Crippen LogP contribution >= 0.6 is 0 Å². The summed E-state index contributed by atoms with van der Waals surface area (Å²) in [4.78, 5) is 11.0. The molecule has 3 N–H and O–H groups in total. The Balaban J connectivity index is 2.83. The molecular formula is C10H12N2O. The molecule has 3 nitrogen and oxygen atoms in total. The molecule has 0 radical (unpaired) electrons. The summed E-state index contributed by atoms with van der Waals surface area (Å²) in [6.07, 6.45) is 1.78. The molecule has 0 fully saturated rings. The van der Waals surface area contributed by atoms with Crippen LogP contribution in [0, 0.1) is 0 Å². The standard InChI is InChI=1S/C10H12N2O/c1-8(10(13)12-11)7-9-5-3-2-4-6-9/h2-7H,11H2,1H3,(H,12,13)/b8-7+. The zero-order valence-electron chi connectivity index (χ0n) is 7.45. The average molecular weight is 176 g/mol. The van der Waals surface area contributed by atoms with Gasteiger partial charge in [-0.25, -0.2) is 5.84 Å². The summed E-state index contributed by atoms with van der Waals surface area (Å²) >= 11 is 0. The van der Waals surface area contributed by atoms with Crippen molar-refractivity contribution in [3.8, 4) is 0 Å². The highest BCUT2D eigenvalue weighted by Crippen LogP contribution is 2.05. The Morgan fingerprint density at radius 1 is 1.38 bits per heavy atom. The molecule has 68 valence electrons. The number of hydrogen-bond donors (Lipinski definition) is 2. The lowest BCUT2D eigenvalue weighted by molar-refractivity contribution is -0.117. The molecular weight excluding hydrogens is 164 g/mol. The van der Waals surface area contributed by atoms with E-state index in [-0.39, 0.29) is 5.91 Å². The van der Waals surface area contributed by atoms with E-state index in [9.17, 15) is 4.79 Å². The first-order valence-corrected chi connectivity index (χ1v) is 3.98. The first-order valence-electron chi connectivity index (χ1n) is 3.98. The second-order valence-electron chi connectivity index (χ2n) is 2.71. The molecule has 0 bridgehead atoms. The van der Waals surface area contributed by atoms with Crippen molar-refractivity contribution in [2.75, 3.05) is 0 Å². The Morgan fingerprint density at radius 3 is 2.54 bits per heavy atom. The number of benzene rings is 1. The van der Waals surface area contributed by atoms with Gasteiger partial charge in [0.05, 0.1) is 0 Å². The zero-order chi connectivity index (χ0) is 9.68. The summed E-state index contributed by atoms with van der Waals surface area (Å²) in [5, 5.41) is 0. The molecule has 0 atom stereocenters. The molecule has 0 heterocycles. The van der Waals surface area contributed by atoms with Crippen molar-refractivity contribution in [2.24, 2.45) is 5.84 Å². The summed E-state index contributed by atoms with van der Waals surface area (Å²) in [6, 6.07) is 9.61. The van der Waals surface area contributed by atoms with E-state index >= 15 is 0 Å². The van der Waals surface area contributed by atoms with Gasteiger partial charge in [-0.15, -0.1) is 0 Å². The lowest BCUT2D eigenvalue weighted by Crippen LogP contribution is -2.30. The number of hydrogen-bond acceptors (Lipinski definition) is 2. The molecule has 0 saturated heterocycles. The number of nitrogens with two attached hydrogens (primary N) is 1. The number of nitrogens with one attached hydrogen (secondary N) is 1. The summed E-state index contributed by atoms with van der Waals surface area (Å²) in [5.74, 6) is 4.73. The van der Waals surface area contributed by atoms with Gasteiger partial charge < -0.3 is 0 Å². The van der Waals surface area contributed by atoms with Crippen LogP contribution in [0.15, 0.2) is 35.9 Å². The molecule has 0 spiro atoms. The van der Waals surface area contributed by atoms with E-state index in [1.807, 2.05) is 30.3 Å². The maximum atomic E-state index is 11.0. The summed E-state index contributed by atoms with van der Waals surface area (Å²) in [7, 11) is 0. The summed E-state index contributed by atoms with van der Waals surface area (Å²) in [5.41, 5.74) is 3.66. The maximum Gasteiger partial charge on any atom is 0.260 e. The molecule has 1 aromatic carbocycles. The first-order chi connectivity index (χ1) is 6.24. The van der Waals surface area contributed by atoms with Gasteiger partial charge >= 0.3 is 0 Å². The predicted molar refractivity (Wildman–Crippen MR) is 52.4 cm³/mol. The molecule has 1 amide bonds. The Hall–Kier alpha value is -1.61. The predicted octanol–water partition coefficient (Wildman–Crippen LogP) is 1.08. The van der Waals surface area contributed by atoms with Crippen LogP contribution in [0.2, 0.25) is 0 Å². The van der Waals surface area contributed by atoms with Gasteiger partial charge in [0.2, 0.25) is 0 Å². The zero-order valence-corrected chi connectivity index (χ0v) is 7.45. The monoisotopic (exact) mass is 176 g/mol. The lowest BCUT2D eigenvalue weighted by Gasteiger charge is -1.98. The molecule has 3 heteroatoms. The third-order valence-electron chi connectivity index (χ3n) is 1.67. The van der Waals surface area contributed by atoms with Crippen molar-refractivity contribution >= 4 is 12.0 Å². The molecule has 13 heavy (non-hydrogen) atoms. The van der Waals surface area contributed by atoms with E-state index in [1.54, 1.807) is 13.0 Å². The van der Waals surface area contributed by atoms with Crippen LogP contribution < -0.4 is 11.3 Å². The van der Waals surface area contributed by atoms with Crippen LogP contribution in [0.1, 0.15) is 12.5 Å². The van der Waals surface area contributed by atoms with Crippen molar-refractivity contribution in [3.63, 3.8) is 0 Å². The smallest absolute Gasteiger partial charge is 0.260 e. The van der Waals surface area contributed by atoms with E-state index in [1.165, 1.54) is 0 Å². The first kappa shape index (κ1) is 9.48. The number of hydrazine groups is 1. The van der Waals surface area contributed by atoms with E-state index in [4.69, 9.17) is 5.84 Å². The van der Waals surface area contributed by atoms with Gasteiger partial charge in [0.15, 0.2) is 0 Å². The Morgan fingerprint density at radius 2 is 2.00 bits per heavy atom. The fourth-order valence-electron chi connectivity index (χ4n) is 0.979. The summed E-state index contributed by atoms with van der Waals surface area (Å²) in [6.45, 7) is 1.72. The molecule has 0 aliphatic heterocycles. The van der Waals surface area contributed by atoms with Gasteiger partial charge in [-0.2, -0.15) is 0 Å². The lowest BCUT2D eigenvalue weighted by atomic mass is 10.1. The fraction of sp³-hybridized carbons (Fsp3) is 0.100. The van der Waals surface area contributed by atoms with E-state index in [0.29, 0.717) is 5.57 Å². The average Bonchev–Trinajstić information content (AvgIpc) is 2.18. The third-order valence-corrected chi connectivity index (χ3v) is 1.67. The van der Waals surface area contributed by atoms with E-state index < -0.39 is 0 Å². The third kappa shape index (κ3) is 2.72. The Bertz CT molecular complexity index is 317. The van der Waals surface area contributed by atoms with Crippen LogP contribution in [-0.4, -0.2) is 5.91 Å². The highest BCUT2D eigenvalue weighted by atomic mass is 16.2. The minimum atomic E-state index is -0.260. The second-order valence-corrected chi connectivity index (χ2v) is 2.71. The van der Waals surface area contributed by atoms with Crippen molar-refractivity contribution in [1.82, 2.24) is 5.43 Å². The number of carbonyl (C=O) groups excluding carboxylic acids is 1. The van der Waals surface area contributed by atoms with Crippen LogP contribution in [0.3, 0.4) is 0 Å². The van der Waals surface area contributed by atoms with Crippen molar-refractivity contribution < 1.29 is 4.79 Å². The molecule has 1 aromatic rings. The van der Waals surface area contributed by atoms with Crippen LogP contribution in [-0.2, 0) is 4.79 Å². The minimum Gasteiger partial charge on any atom is -0.290 e. The SMILES string of the molecule is C/C(=C\c1ccccc1)C(=O)NN. The van der Waals surface area contributed by atoms with Crippen molar-refractivity contribution in [1.29, 1.82) is 0 Å². The van der Waals surface area contributed by atoms with Gasteiger partial charge in [-0.05, 0) is 18.6 Å². The van der Waals surface area contributed by atoms with E-state index in [0.717, 1.165) is 5.56 Å². The van der Waals surface area contributed by atoms with Gasteiger partial charge in [0.25, 0.3) is 5.91 Å². The molecule has 1 rings (SSSR count). The minimum absolute atomic E-state index is 0.260. The van der Waals surface area contributed by atoms with Crippen molar-refractivity contribution in [3.05, 3.63) is 41.5 Å². The van der Waals surface area contributed by atoms with Crippen molar-refractivity contribution in [2.45, 2.75) is 6.92 Å². The topological polar surface area (TPSA) is 55.1 Å². The molecule has 0 saturated carbocycles. The highest BCUT2D eigenvalue weighted by molar-refractivity contribution is 5.96. The van der Waals surface area contributed by atoms with E-state index in [2.05, 4.69) is 5.43 Å². The largest absolute Gasteiger partial charge is 0.290 e.